The van der Waals surface area contributed by atoms with Gasteiger partial charge in [0.15, 0.2) is 5.82 Å². The van der Waals surface area contributed by atoms with Crippen molar-refractivity contribution < 1.29 is 24.0 Å². The number of amides is 2. The molecule has 2 rings (SSSR count). The van der Waals surface area contributed by atoms with Crippen LogP contribution in [-0.2, 0) is 4.79 Å². The minimum atomic E-state index is -1.12. The van der Waals surface area contributed by atoms with E-state index < -0.39 is 34.5 Å². The monoisotopic (exact) mass is 297 g/mol. The average Bonchev–Trinajstić information content (AvgIpc) is 2.90. The van der Waals surface area contributed by atoms with Crippen LogP contribution >= 0.6 is 0 Å². The third kappa shape index (κ3) is 3.07. The first-order valence-corrected chi connectivity index (χ1v) is 6.14. The van der Waals surface area contributed by atoms with E-state index in [-0.39, 0.29) is 12.2 Å². The van der Waals surface area contributed by atoms with Crippen LogP contribution in [0.2, 0.25) is 0 Å². The lowest BCUT2D eigenvalue weighted by Gasteiger charge is -2.21. The number of likely N-dealkylation sites (tertiary alicyclic amines) is 1. The Morgan fingerprint density at radius 1 is 1.48 bits per heavy atom. The number of benzene rings is 1. The van der Waals surface area contributed by atoms with Crippen molar-refractivity contribution in [3.8, 4) is 0 Å². The van der Waals surface area contributed by atoms with Crippen LogP contribution in [0.25, 0.3) is 0 Å². The van der Waals surface area contributed by atoms with Gasteiger partial charge in [-0.25, -0.2) is 14.0 Å². The summed E-state index contributed by atoms with van der Waals surface area (Å²) in [4.78, 5) is 33.8. The van der Waals surface area contributed by atoms with Gasteiger partial charge in [-0.05, 0) is 18.9 Å². The molecule has 2 amide bonds. The summed E-state index contributed by atoms with van der Waals surface area (Å²) in [5.74, 6) is -2.07. The molecule has 0 saturated carbocycles. The highest BCUT2D eigenvalue weighted by molar-refractivity contribution is 5.92. The van der Waals surface area contributed by atoms with E-state index in [0.29, 0.717) is 18.9 Å². The Morgan fingerprint density at radius 2 is 2.19 bits per heavy atom. The van der Waals surface area contributed by atoms with E-state index in [4.69, 9.17) is 5.11 Å². The predicted molar refractivity (Wildman–Crippen MR) is 69.4 cm³/mol. The number of anilines is 1. The molecule has 1 fully saturated rings. The first kappa shape index (κ1) is 14.7. The number of urea groups is 1. The Morgan fingerprint density at radius 3 is 2.76 bits per heavy atom. The van der Waals surface area contributed by atoms with Crippen molar-refractivity contribution in [3.63, 3.8) is 0 Å². The minimum Gasteiger partial charge on any atom is -0.480 e. The van der Waals surface area contributed by atoms with Crippen molar-refractivity contribution in [1.29, 1.82) is 0 Å². The van der Waals surface area contributed by atoms with Gasteiger partial charge in [0.2, 0.25) is 0 Å². The van der Waals surface area contributed by atoms with Crippen molar-refractivity contribution in [2.75, 3.05) is 11.9 Å². The van der Waals surface area contributed by atoms with Gasteiger partial charge >= 0.3 is 12.0 Å². The minimum absolute atomic E-state index is 0.235. The number of halogens is 1. The molecule has 21 heavy (non-hydrogen) atoms. The fraction of sp³-hybridized carbons (Fsp3) is 0.333. The van der Waals surface area contributed by atoms with Crippen LogP contribution in [0.1, 0.15) is 12.8 Å². The molecule has 0 radical (unpaired) electrons. The fourth-order valence-electron chi connectivity index (χ4n) is 2.17. The van der Waals surface area contributed by atoms with Crippen LogP contribution in [-0.4, -0.2) is 39.5 Å². The van der Waals surface area contributed by atoms with Crippen molar-refractivity contribution in [3.05, 3.63) is 34.1 Å². The van der Waals surface area contributed by atoms with Gasteiger partial charge in [-0.1, -0.05) is 0 Å². The number of nitrogens with zero attached hydrogens (tertiary/aromatic N) is 2. The molecule has 1 aliphatic heterocycles. The molecule has 8 nitrogen and oxygen atoms in total. The summed E-state index contributed by atoms with van der Waals surface area (Å²) in [6.07, 6.45) is 0.888. The molecular formula is C12H12FN3O5. The first-order valence-electron chi connectivity index (χ1n) is 6.14. The highest BCUT2D eigenvalue weighted by Gasteiger charge is 2.34. The number of aliphatic carboxylic acids is 1. The molecule has 112 valence electrons. The number of hydrogen-bond donors (Lipinski definition) is 2. The van der Waals surface area contributed by atoms with Gasteiger partial charge in [0.1, 0.15) is 6.04 Å². The molecule has 1 atom stereocenters. The van der Waals surface area contributed by atoms with Crippen molar-refractivity contribution in [2.24, 2.45) is 0 Å². The number of nitro groups is 1. The van der Waals surface area contributed by atoms with E-state index in [1.54, 1.807) is 0 Å². The summed E-state index contributed by atoms with van der Waals surface area (Å²) in [6.45, 7) is 0.261. The van der Waals surface area contributed by atoms with Crippen LogP contribution in [0.15, 0.2) is 18.2 Å². The maximum absolute atomic E-state index is 13.7. The van der Waals surface area contributed by atoms with E-state index in [0.717, 1.165) is 17.0 Å². The Balaban J connectivity index is 2.13. The highest BCUT2D eigenvalue weighted by Crippen LogP contribution is 2.23. The Kier molecular flexibility index (Phi) is 4.01. The van der Waals surface area contributed by atoms with Crippen molar-refractivity contribution in [2.45, 2.75) is 18.9 Å². The van der Waals surface area contributed by atoms with E-state index in [1.165, 1.54) is 0 Å². The first-order chi connectivity index (χ1) is 9.90. The molecule has 1 aliphatic rings. The Hall–Kier alpha value is -2.71. The summed E-state index contributed by atoms with van der Waals surface area (Å²) in [5.41, 5.74) is -0.670. The number of carbonyl (C=O) groups is 2. The van der Waals surface area contributed by atoms with Gasteiger partial charge in [-0.15, -0.1) is 0 Å². The van der Waals surface area contributed by atoms with Gasteiger partial charge < -0.3 is 15.3 Å². The maximum atomic E-state index is 13.7. The number of carbonyl (C=O) groups excluding carboxylic acids is 1. The lowest BCUT2D eigenvalue weighted by atomic mass is 10.2. The van der Waals surface area contributed by atoms with E-state index in [1.807, 2.05) is 0 Å². The summed E-state index contributed by atoms with van der Waals surface area (Å²) < 4.78 is 13.7. The molecule has 0 aliphatic carbocycles. The third-order valence-corrected chi connectivity index (χ3v) is 3.20. The lowest BCUT2D eigenvalue weighted by molar-refractivity contribution is -0.385. The molecule has 0 unspecified atom stereocenters. The number of nitrogens with one attached hydrogen (secondary N) is 1. The number of carboxylic acids is 1. The molecule has 9 heteroatoms. The summed E-state index contributed by atoms with van der Waals surface area (Å²) in [5, 5.41) is 21.7. The van der Waals surface area contributed by atoms with E-state index in [9.17, 15) is 24.1 Å². The van der Waals surface area contributed by atoms with Crippen LogP contribution < -0.4 is 5.32 Å². The van der Waals surface area contributed by atoms with E-state index >= 15 is 0 Å². The topological polar surface area (TPSA) is 113 Å². The van der Waals surface area contributed by atoms with Crippen LogP contribution in [0.5, 0.6) is 0 Å². The lowest BCUT2D eigenvalue weighted by Crippen LogP contribution is -2.42. The fourth-order valence-corrected chi connectivity index (χ4v) is 2.17. The largest absolute Gasteiger partial charge is 0.480 e. The molecule has 1 heterocycles. The van der Waals surface area contributed by atoms with Gasteiger partial charge in [-0.2, -0.15) is 0 Å². The van der Waals surface area contributed by atoms with Crippen LogP contribution in [0, 0.1) is 15.9 Å². The average molecular weight is 297 g/mol. The zero-order chi connectivity index (χ0) is 15.6. The molecule has 0 aromatic heterocycles. The number of nitro benzene ring substituents is 1. The summed E-state index contributed by atoms with van der Waals surface area (Å²) in [6, 6.07) is 1.13. The van der Waals surface area contributed by atoms with Gasteiger partial charge in [0.25, 0.3) is 5.69 Å². The third-order valence-electron chi connectivity index (χ3n) is 3.20. The molecule has 2 N–H and O–H groups in total. The van der Waals surface area contributed by atoms with Gasteiger partial charge in [0, 0.05) is 12.6 Å². The van der Waals surface area contributed by atoms with Crippen LogP contribution in [0.3, 0.4) is 0 Å². The normalized spacial score (nSPS) is 17.6. The zero-order valence-corrected chi connectivity index (χ0v) is 10.8. The molecule has 1 aromatic rings. The zero-order valence-electron chi connectivity index (χ0n) is 10.8. The van der Waals surface area contributed by atoms with Crippen molar-refractivity contribution in [1.82, 2.24) is 4.90 Å². The number of non-ortho nitro benzene ring substituents is 1. The second-order valence-electron chi connectivity index (χ2n) is 4.54. The summed E-state index contributed by atoms with van der Waals surface area (Å²) in [7, 11) is 0. The number of carboxylic acid groups (broad SMARTS) is 1. The van der Waals surface area contributed by atoms with Crippen molar-refractivity contribution >= 4 is 23.4 Å². The number of hydrogen-bond acceptors (Lipinski definition) is 4. The molecular weight excluding hydrogens is 285 g/mol. The second kappa shape index (κ2) is 5.73. The summed E-state index contributed by atoms with van der Waals surface area (Å²) >= 11 is 0. The van der Waals surface area contributed by atoms with Gasteiger partial charge in [-0.3, -0.25) is 10.1 Å². The maximum Gasteiger partial charge on any atom is 0.326 e. The SMILES string of the molecule is O=C(O)[C@H]1CCCN1C(=O)Nc1ccc([N+](=O)[O-])cc1F. The standard InChI is InChI=1S/C12H12FN3O5/c13-8-6-7(16(20)21)3-4-9(8)14-12(19)15-5-1-2-10(15)11(17)18/h3-4,6,10H,1-2,5H2,(H,14,19)(H,17,18)/t10-/m1/s1. The van der Waals surface area contributed by atoms with Crippen LogP contribution in [0.4, 0.5) is 20.6 Å². The second-order valence-corrected chi connectivity index (χ2v) is 4.54. The smallest absolute Gasteiger partial charge is 0.326 e. The highest BCUT2D eigenvalue weighted by atomic mass is 19.1. The Bertz CT molecular complexity index is 607. The molecule has 0 bridgehead atoms. The molecule has 0 spiro atoms. The predicted octanol–water partition coefficient (Wildman–Crippen LogP) is 1.81. The van der Waals surface area contributed by atoms with Gasteiger partial charge in [0.05, 0.1) is 16.7 Å². The number of rotatable bonds is 3. The quantitative estimate of drug-likeness (QED) is 0.652. The molecule has 1 saturated heterocycles. The Labute approximate surface area is 118 Å². The molecule has 1 aromatic carbocycles. The van der Waals surface area contributed by atoms with E-state index in [2.05, 4.69) is 5.32 Å².